The largest absolute Gasteiger partial charge is 0.497 e. The Morgan fingerprint density at radius 1 is 1.30 bits per heavy atom. The molecule has 1 aromatic heterocycles. The maximum absolute atomic E-state index is 12.0. The summed E-state index contributed by atoms with van der Waals surface area (Å²) in [6, 6.07) is 7.40. The van der Waals surface area contributed by atoms with Crippen LogP contribution in [0.2, 0.25) is 0 Å². The Kier molecular flexibility index (Phi) is 5.24. The van der Waals surface area contributed by atoms with Crippen LogP contribution in [0.15, 0.2) is 29.6 Å². The molecule has 2 aromatic rings. The van der Waals surface area contributed by atoms with Crippen LogP contribution in [0.1, 0.15) is 15.9 Å². The van der Waals surface area contributed by atoms with Crippen LogP contribution in [0.25, 0.3) is 0 Å². The number of methoxy groups -OCH3 is 2. The quantitative estimate of drug-likeness (QED) is 0.780. The Labute approximate surface area is 135 Å². The van der Waals surface area contributed by atoms with E-state index in [1.807, 2.05) is 23.6 Å². The summed E-state index contributed by atoms with van der Waals surface area (Å²) < 4.78 is 11.5. The van der Waals surface area contributed by atoms with Gasteiger partial charge in [-0.3, -0.25) is 4.79 Å². The SMILES string of the molecule is COc1ccc(CNC(=O)c2csc(I)c2)c(OC)c1. The summed E-state index contributed by atoms with van der Waals surface area (Å²) in [5.74, 6) is 1.34. The number of ether oxygens (including phenoxy) is 2. The van der Waals surface area contributed by atoms with Crippen molar-refractivity contribution in [2.45, 2.75) is 6.54 Å². The molecule has 0 aliphatic heterocycles. The number of hydrogen-bond acceptors (Lipinski definition) is 4. The molecule has 0 bridgehead atoms. The van der Waals surface area contributed by atoms with Gasteiger partial charge in [-0.1, -0.05) is 0 Å². The van der Waals surface area contributed by atoms with Gasteiger partial charge in [0.15, 0.2) is 0 Å². The second-order valence-electron chi connectivity index (χ2n) is 4.00. The molecule has 0 radical (unpaired) electrons. The molecule has 1 N–H and O–H groups in total. The van der Waals surface area contributed by atoms with Crippen LogP contribution >= 0.6 is 33.9 Å². The number of thiophene rings is 1. The first-order chi connectivity index (χ1) is 9.63. The number of amides is 1. The topological polar surface area (TPSA) is 47.6 Å². The highest BCUT2D eigenvalue weighted by Crippen LogP contribution is 2.24. The lowest BCUT2D eigenvalue weighted by Crippen LogP contribution is -2.22. The number of nitrogens with one attached hydrogen (secondary N) is 1. The lowest BCUT2D eigenvalue weighted by molar-refractivity contribution is 0.0951. The Hall–Kier alpha value is -1.28. The van der Waals surface area contributed by atoms with Gasteiger partial charge in [0.25, 0.3) is 5.91 Å². The fourth-order valence-electron chi connectivity index (χ4n) is 1.70. The van der Waals surface area contributed by atoms with Crippen LogP contribution in [0, 0.1) is 2.88 Å². The molecule has 2 rings (SSSR count). The van der Waals surface area contributed by atoms with Crippen LogP contribution in [-0.4, -0.2) is 20.1 Å². The van der Waals surface area contributed by atoms with Crippen molar-refractivity contribution in [3.63, 3.8) is 0 Å². The van der Waals surface area contributed by atoms with Gasteiger partial charge in [-0.15, -0.1) is 11.3 Å². The van der Waals surface area contributed by atoms with Crippen LogP contribution in [0.4, 0.5) is 0 Å². The molecule has 1 aromatic carbocycles. The van der Waals surface area contributed by atoms with Crippen molar-refractivity contribution in [3.05, 3.63) is 43.7 Å². The van der Waals surface area contributed by atoms with Crippen LogP contribution in [0.5, 0.6) is 11.5 Å². The minimum atomic E-state index is -0.0814. The Morgan fingerprint density at radius 3 is 2.70 bits per heavy atom. The van der Waals surface area contributed by atoms with Gasteiger partial charge < -0.3 is 14.8 Å². The molecule has 0 aliphatic carbocycles. The molecule has 0 unspecified atom stereocenters. The fraction of sp³-hybridized carbons (Fsp3) is 0.214. The van der Waals surface area contributed by atoms with E-state index < -0.39 is 0 Å². The normalized spacial score (nSPS) is 10.2. The zero-order valence-electron chi connectivity index (χ0n) is 11.1. The number of benzene rings is 1. The summed E-state index contributed by atoms with van der Waals surface area (Å²) in [4.78, 5) is 12.0. The smallest absolute Gasteiger partial charge is 0.252 e. The fourth-order valence-corrected chi connectivity index (χ4v) is 3.03. The van der Waals surface area contributed by atoms with Gasteiger partial charge >= 0.3 is 0 Å². The van der Waals surface area contributed by atoms with Gasteiger partial charge in [-0.25, -0.2) is 0 Å². The van der Waals surface area contributed by atoms with Crippen molar-refractivity contribution >= 4 is 39.8 Å². The van der Waals surface area contributed by atoms with Crippen molar-refractivity contribution in [2.75, 3.05) is 14.2 Å². The molecule has 4 nitrogen and oxygen atoms in total. The molecule has 0 fully saturated rings. The van der Waals surface area contributed by atoms with Crippen molar-refractivity contribution in [1.82, 2.24) is 5.32 Å². The zero-order valence-corrected chi connectivity index (χ0v) is 14.1. The van der Waals surface area contributed by atoms with Crippen LogP contribution in [0.3, 0.4) is 0 Å². The third-order valence-corrected chi connectivity index (χ3v) is 4.55. The number of halogens is 1. The highest BCUT2D eigenvalue weighted by Gasteiger charge is 2.10. The van der Waals surface area contributed by atoms with Crippen molar-refractivity contribution in [3.8, 4) is 11.5 Å². The molecule has 0 saturated carbocycles. The molecule has 6 heteroatoms. The predicted octanol–water partition coefficient (Wildman–Crippen LogP) is 3.30. The highest BCUT2D eigenvalue weighted by atomic mass is 127. The molecule has 0 aliphatic rings. The van der Waals surface area contributed by atoms with E-state index in [-0.39, 0.29) is 5.91 Å². The summed E-state index contributed by atoms with van der Waals surface area (Å²) in [6.45, 7) is 0.415. The van der Waals surface area contributed by atoms with E-state index in [0.717, 1.165) is 14.2 Å². The molecule has 0 spiro atoms. The molecule has 106 valence electrons. The maximum atomic E-state index is 12.0. The van der Waals surface area contributed by atoms with E-state index >= 15 is 0 Å². The number of carbonyl (C=O) groups excluding carboxylic acids is 1. The van der Waals surface area contributed by atoms with E-state index in [1.54, 1.807) is 31.6 Å². The maximum Gasteiger partial charge on any atom is 0.252 e. The zero-order chi connectivity index (χ0) is 14.5. The van der Waals surface area contributed by atoms with Crippen LogP contribution < -0.4 is 14.8 Å². The van der Waals surface area contributed by atoms with Crippen molar-refractivity contribution < 1.29 is 14.3 Å². The summed E-state index contributed by atoms with van der Waals surface area (Å²) in [5, 5.41) is 4.73. The first-order valence-electron chi connectivity index (χ1n) is 5.87. The number of rotatable bonds is 5. The van der Waals surface area contributed by atoms with Crippen molar-refractivity contribution in [1.29, 1.82) is 0 Å². The van der Waals surface area contributed by atoms with Crippen LogP contribution in [-0.2, 0) is 6.54 Å². The lowest BCUT2D eigenvalue weighted by atomic mass is 10.2. The molecule has 0 saturated heterocycles. The molecule has 20 heavy (non-hydrogen) atoms. The van der Waals surface area contributed by atoms with E-state index in [0.29, 0.717) is 17.9 Å². The average Bonchev–Trinajstić information content (AvgIpc) is 2.91. The van der Waals surface area contributed by atoms with E-state index in [4.69, 9.17) is 9.47 Å². The molecule has 0 atom stereocenters. The highest BCUT2D eigenvalue weighted by molar-refractivity contribution is 14.1. The van der Waals surface area contributed by atoms with Gasteiger partial charge in [-0.2, -0.15) is 0 Å². The monoisotopic (exact) mass is 403 g/mol. The van der Waals surface area contributed by atoms with E-state index in [1.165, 1.54) is 0 Å². The first-order valence-corrected chi connectivity index (χ1v) is 7.83. The Morgan fingerprint density at radius 2 is 2.10 bits per heavy atom. The standard InChI is InChI=1S/C14H14INO3S/c1-18-11-4-3-9(12(6-11)19-2)7-16-14(17)10-5-13(15)20-8-10/h3-6,8H,7H2,1-2H3,(H,16,17). The summed E-state index contributed by atoms with van der Waals surface area (Å²) in [5.41, 5.74) is 1.60. The molecule has 1 amide bonds. The lowest BCUT2D eigenvalue weighted by Gasteiger charge is -2.11. The van der Waals surface area contributed by atoms with E-state index in [9.17, 15) is 4.79 Å². The molecular weight excluding hydrogens is 389 g/mol. The Balaban J connectivity index is 2.05. The summed E-state index contributed by atoms with van der Waals surface area (Å²) in [7, 11) is 3.20. The minimum Gasteiger partial charge on any atom is -0.497 e. The molecular formula is C14H14INO3S. The average molecular weight is 403 g/mol. The molecule has 1 heterocycles. The summed E-state index contributed by atoms with van der Waals surface area (Å²) in [6.07, 6.45) is 0. The minimum absolute atomic E-state index is 0.0814. The van der Waals surface area contributed by atoms with Crippen molar-refractivity contribution in [2.24, 2.45) is 0 Å². The van der Waals surface area contributed by atoms with Gasteiger partial charge in [0, 0.05) is 23.6 Å². The Bertz CT molecular complexity index is 612. The second-order valence-corrected chi connectivity index (χ2v) is 6.81. The van der Waals surface area contributed by atoms with E-state index in [2.05, 4.69) is 27.9 Å². The summed E-state index contributed by atoms with van der Waals surface area (Å²) >= 11 is 3.75. The van der Waals surface area contributed by atoms with Gasteiger partial charge in [0.2, 0.25) is 0 Å². The predicted molar refractivity (Wildman–Crippen MR) is 87.8 cm³/mol. The van der Waals surface area contributed by atoms with Gasteiger partial charge in [0.1, 0.15) is 11.5 Å². The number of hydrogen-bond donors (Lipinski definition) is 1. The van der Waals surface area contributed by atoms with Gasteiger partial charge in [0.05, 0.1) is 22.7 Å². The first kappa shape index (κ1) is 15.1. The number of carbonyl (C=O) groups is 1. The second kappa shape index (κ2) is 6.94. The third kappa shape index (κ3) is 3.63. The third-order valence-electron chi connectivity index (χ3n) is 2.76. The van der Waals surface area contributed by atoms with Gasteiger partial charge in [-0.05, 0) is 40.8 Å².